The Kier molecular flexibility index (Phi) is 2.43. The summed E-state index contributed by atoms with van der Waals surface area (Å²) in [6.07, 6.45) is 1.61. The predicted molar refractivity (Wildman–Crippen MR) is 57.5 cm³/mol. The van der Waals surface area contributed by atoms with Crippen LogP contribution in [0.5, 0.6) is 5.75 Å². The number of phenolic OH excluding ortho intramolecular Hbond substituents is 1. The van der Waals surface area contributed by atoms with Crippen molar-refractivity contribution >= 4 is 0 Å². The standard InChI is InChI=1S/C12H16FNO/c1-8(13)9-2-3-11(15)10(6-9)7-12(14)4-5-12/h2-3,6,8,15H,4-5,7,14H2,1H3. The molecule has 1 atom stereocenters. The maximum atomic E-state index is 13.1. The van der Waals surface area contributed by atoms with E-state index >= 15 is 0 Å². The molecule has 0 heterocycles. The van der Waals surface area contributed by atoms with Gasteiger partial charge >= 0.3 is 0 Å². The molecule has 0 bridgehead atoms. The van der Waals surface area contributed by atoms with E-state index in [0.717, 1.165) is 18.4 Å². The number of halogens is 1. The van der Waals surface area contributed by atoms with Crippen LogP contribution in [-0.2, 0) is 6.42 Å². The van der Waals surface area contributed by atoms with E-state index in [1.165, 1.54) is 6.92 Å². The first-order chi connectivity index (χ1) is 7.00. The van der Waals surface area contributed by atoms with E-state index in [1.54, 1.807) is 18.2 Å². The van der Waals surface area contributed by atoms with Crippen LogP contribution in [0.15, 0.2) is 18.2 Å². The van der Waals surface area contributed by atoms with E-state index in [2.05, 4.69) is 0 Å². The third kappa shape index (κ3) is 2.29. The van der Waals surface area contributed by atoms with Gasteiger partial charge < -0.3 is 10.8 Å². The van der Waals surface area contributed by atoms with Crippen molar-refractivity contribution < 1.29 is 9.50 Å². The van der Waals surface area contributed by atoms with Crippen LogP contribution in [0.25, 0.3) is 0 Å². The van der Waals surface area contributed by atoms with Crippen LogP contribution in [0, 0.1) is 0 Å². The minimum absolute atomic E-state index is 0.157. The smallest absolute Gasteiger partial charge is 0.122 e. The van der Waals surface area contributed by atoms with Crippen molar-refractivity contribution in [2.24, 2.45) is 5.73 Å². The maximum absolute atomic E-state index is 13.1. The molecule has 0 spiro atoms. The molecule has 0 aromatic heterocycles. The molecule has 3 N–H and O–H groups in total. The molecule has 0 saturated heterocycles. The van der Waals surface area contributed by atoms with E-state index in [0.29, 0.717) is 12.0 Å². The van der Waals surface area contributed by atoms with E-state index < -0.39 is 6.17 Å². The first-order valence-corrected chi connectivity index (χ1v) is 5.25. The van der Waals surface area contributed by atoms with E-state index in [9.17, 15) is 9.50 Å². The molecule has 1 aromatic carbocycles. The zero-order chi connectivity index (χ0) is 11.1. The van der Waals surface area contributed by atoms with Crippen molar-refractivity contribution in [3.8, 4) is 5.75 Å². The Hall–Kier alpha value is -1.09. The van der Waals surface area contributed by atoms with Crippen LogP contribution in [0.3, 0.4) is 0 Å². The third-order valence-electron chi connectivity index (χ3n) is 3.00. The molecule has 1 aliphatic rings. The Bertz CT molecular complexity index is 372. The second-order valence-corrected chi connectivity index (χ2v) is 4.54. The average Bonchev–Trinajstić information content (AvgIpc) is 2.87. The summed E-state index contributed by atoms with van der Waals surface area (Å²) in [5.41, 5.74) is 7.18. The normalized spacial score (nSPS) is 19.9. The number of nitrogens with two attached hydrogens (primary N) is 1. The van der Waals surface area contributed by atoms with Crippen molar-refractivity contribution in [2.75, 3.05) is 0 Å². The van der Waals surface area contributed by atoms with E-state index in [-0.39, 0.29) is 11.3 Å². The van der Waals surface area contributed by atoms with Gasteiger partial charge in [0.2, 0.25) is 0 Å². The van der Waals surface area contributed by atoms with Crippen molar-refractivity contribution in [3.05, 3.63) is 29.3 Å². The number of aromatic hydroxyl groups is 1. The summed E-state index contributed by atoms with van der Waals surface area (Å²) in [4.78, 5) is 0. The fourth-order valence-corrected chi connectivity index (χ4v) is 1.71. The zero-order valence-corrected chi connectivity index (χ0v) is 8.83. The number of hydrogen-bond acceptors (Lipinski definition) is 2. The van der Waals surface area contributed by atoms with Gasteiger partial charge in [0.15, 0.2) is 0 Å². The first kappa shape index (κ1) is 10.4. The maximum Gasteiger partial charge on any atom is 0.122 e. The molecule has 2 nitrogen and oxygen atoms in total. The zero-order valence-electron chi connectivity index (χ0n) is 8.83. The molecule has 0 radical (unpaired) electrons. The van der Waals surface area contributed by atoms with Crippen molar-refractivity contribution in [1.29, 1.82) is 0 Å². The summed E-state index contributed by atoms with van der Waals surface area (Å²) in [6, 6.07) is 4.87. The number of rotatable bonds is 3. The molecular formula is C12H16FNO. The Morgan fingerprint density at radius 2 is 2.20 bits per heavy atom. The quantitative estimate of drug-likeness (QED) is 0.803. The van der Waals surface area contributed by atoms with Gasteiger partial charge in [0.05, 0.1) is 0 Å². The molecule has 3 heteroatoms. The van der Waals surface area contributed by atoms with E-state index in [4.69, 9.17) is 5.73 Å². The number of phenols is 1. The second-order valence-electron chi connectivity index (χ2n) is 4.54. The summed E-state index contributed by atoms with van der Waals surface area (Å²) in [5, 5.41) is 9.63. The lowest BCUT2D eigenvalue weighted by Gasteiger charge is -2.12. The molecular weight excluding hydrogens is 193 g/mol. The topological polar surface area (TPSA) is 46.2 Å². The fourth-order valence-electron chi connectivity index (χ4n) is 1.71. The molecule has 0 amide bonds. The van der Waals surface area contributed by atoms with Crippen LogP contribution in [-0.4, -0.2) is 10.6 Å². The van der Waals surface area contributed by atoms with Gasteiger partial charge in [-0.25, -0.2) is 4.39 Å². The summed E-state index contributed by atoms with van der Waals surface area (Å²) < 4.78 is 13.1. The Morgan fingerprint density at radius 3 is 2.73 bits per heavy atom. The average molecular weight is 209 g/mol. The van der Waals surface area contributed by atoms with Gasteiger partial charge in [-0.05, 0) is 49.4 Å². The predicted octanol–water partition coefficient (Wildman–Crippen LogP) is 2.46. The highest BCUT2D eigenvalue weighted by atomic mass is 19.1. The number of benzene rings is 1. The Balaban J connectivity index is 2.24. The lowest BCUT2D eigenvalue weighted by Crippen LogP contribution is -2.24. The van der Waals surface area contributed by atoms with Gasteiger partial charge in [-0.15, -0.1) is 0 Å². The van der Waals surface area contributed by atoms with Crippen LogP contribution in [0.1, 0.15) is 37.1 Å². The van der Waals surface area contributed by atoms with Gasteiger partial charge in [-0.1, -0.05) is 6.07 Å². The first-order valence-electron chi connectivity index (χ1n) is 5.25. The summed E-state index contributed by atoms with van der Waals surface area (Å²) >= 11 is 0. The molecule has 0 aliphatic heterocycles. The second kappa shape index (κ2) is 3.49. The molecule has 1 fully saturated rings. The lowest BCUT2D eigenvalue weighted by molar-refractivity contribution is 0.373. The van der Waals surface area contributed by atoms with Gasteiger partial charge in [0.25, 0.3) is 0 Å². The fraction of sp³-hybridized carbons (Fsp3) is 0.500. The largest absolute Gasteiger partial charge is 0.508 e. The molecule has 15 heavy (non-hydrogen) atoms. The van der Waals surface area contributed by atoms with Crippen LogP contribution >= 0.6 is 0 Å². The monoisotopic (exact) mass is 209 g/mol. The molecule has 2 rings (SSSR count). The highest BCUT2D eigenvalue weighted by molar-refractivity contribution is 5.38. The highest BCUT2D eigenvalue weighted by Gasteiger charge is 2.38. The van der Waals surface area contributed by atoms with Gasteiger partial charge in [-0.2, -0.15) is 0 Å². The molecule has 1 unspecified atom stereocenters. The van der Waals surface area contributed by atoms with Crippen LogP contribution in [0.4, 0.5) is 4.39 Å². The number of hydrogen-bond donors (Lipinski definition) is 2. The molecule has 1 saturated carbocycles. The Morgan fingerprint density at radius 1 is 1.53 bits per heavy atom. The minimum Gasteiger partial charge on any atom is -0.508 e. The molecule has 1 aliphatic carbocycles. The summed E-state index contributed by atoms with van der Waals surface area (Å²) in [7, 11) is 0. The summed E-state index contributed by atoms with van der Waals surface area (Å²) in [5.74, 6) is 0.219. The van der Waals surface area contributed by atoms with Crippen LogP contribution < -0.4 is 5.73 Å². The van der Waals surface area contributed by atoms with Crippen molar-refractivity contribution in [3.63, 3.8) is 0 Å². The highest BCUT2D eigenvalue weighted by Crippen LogP contribution is 2.38. The van der Waals surface area contributed by atoms with Crippen molar-refractivity contribution in [2.45, 2.75) is 37.9 Å². The third-order valence-corrected chi connectivity index (χ3v) is 3.00. The molecule has 82 valence electrons. The lowest BCUT2D eigenvalue weighted by atomic mass is 10.00. The molecule has 1 aromatic rings. The Labute approximate surface area is 88.9 Å². The number of alkyl halides is 1. The minimum atomic E-state index is -1.00. The van der Waals surface area contributed by atoms with Crippen molar-refractivity contribution in [1.82, 2.24) is 0 Å². The summed E-state index contributed by atoms with van der Waals surface area (Å²) in [6.45, 7) is 1.49. The van der Waals surface area contributed by atoms with Gasteiger partial charge in [-0.3, -0.25) is 0 Å². The van der Waals surface area contributed by atoms with Gasteiger partial charge in [0, 0.05) is 5.54 Å². The van der Waals surface area contributed by atoms with E-state index in [1.807, 2.05) is 0 Å². The van der Waals surface area contributed by atoms with Gasteiger partial charge in [0.1, 0.15) is 11.9 Å². The SMILES string of the molecule is CC(F)c1ccc(O)c(CC2(N)CC2)c1. The van der Waals surface area contributed by atoms with Crippen LogP contribution in [0.2, 0.25) is 0 Å².